The summed E-state index contributed by atoms with van der Waals surface area (Å²) in [6.45, 7) is 4.63. The van der Waals surface area contributed by atoms with Crippen LogP contribution in [-0.4, -0.2) is 43.1 Å². The molecule has 2 fully saturated rings. The molecule has 29 heavy (non-hydrogen) atoms. The highest BCUT2D eigenvalue weighted by molar-refractivity contribution is 5.95. The molecule has 1 saturated heterocycles. The van der Waals surface area contributed by atoms with Gasteiger partial charge in [-0.15, -0.1) is 0 Å². The van der Waals surface area contributed by atoms with E-state index in [0.717, 1.165) is 41.9 Å². The second kappa shape index (κ2) is 6.76. The van der Waals surface area contributed by atoms with E-state index in [9.17, 15) is 9.18 Å². The Kier molecular flexibility index (Phi) is 4.19. The first kappa shape index (κ1) is 18.0. The number of carbonyl (C=O) groups is 1. The molecule has 1 aliphatic heterocycles. The first-order valence-corrected chi connectivity index (χ1v) is 9.97. The van der Waals surface area contributed by atoms with E-state index in [0.29, 0.717) is 23.5 Å². The van der Waals surface area contributed by atoms with E-state index in [1.807, 2.05) is 18.7 Å². The Morgan fingerprint density at radius 1 is 1.14 bits per heavy atom. The molecule has 5 rings (SSSR count). The zero-order chi connectivity index (χ0) is 20.1. The first-order chi connectivity index (χ1) is 14.0. The summed E-state index contributed by atoms with van der Waals surface area (Å²) in [7, 11) is 0. The average Bonchev–Trinajstić information content (AvgIpc) is 3.45. The zero-order valence-electron chi connectivity index (χ0n) is 16.5. The predicted molar refractivity (Wildman–Crippen MR) is 106 cm³/mol. The normalized spacial score (nSPS) is 20.4. The number of piperidine rings is 1. The van der Waals surface area contributed by atoms with Crippen molar-refractivity contribution < 1.29 is 9.18 Å². The van der Waals surface area contributed by atoms with Crippen LogP contribution in [0.4, 0.5) is 4.39 Å². The van der Waals surface area contributed by atoms with Crippen molar-refractivity contribution in [3.05, 3.63) is 59.3 Å². The molecule has 2 aliphatic rings. The topological polar surface area (TPSA) is 63.9 Å². The molecule has 6 nitrogen and oxygen atoms in total. The Bertz CT molecular complexity index is 1090. The van der Waals surface area contributed by atoms with Crippen LogP contribution in [0.2, 0.25) is 0 Å². The lowest BCUT2D eigenvalue weighted by atomic mass is 10.1. The number of carbonyl (C=O) groups excluding carboxylic acids is 1. The molecule has 1 aromatic carbocycles. The number of fused-ring (bicyclic) bond motifs is 2. The number of benzene rings is 1. The lowest BCUT2D eigenvalue weighted by Crippen LogP contribution is -2.37. The van der Waals surface area contributed by atoms with Crippen LogP contribution in [0.5, 0.6) is 0 Å². The minimum Gasteiger partial charge on any atom is -0.335 e. The third kappa shape index (κ3) is 3.01. The Morgan fingerprint density at radius 2 is 1.93 bits per heavy atom. The summed E-state index contributed by atoms with van der Waals surface area (Å²) in [6, 6.07) is 6.59. The first-order valence-electron chi connectivity index (χ1n) is 9.97. The van der Waals surface area contributed by atoms with E-state index < -0.39 is 0 Å². The Morgan fingerprint density at radius 3 is 2.62 bits per heavy atom. The lowest BCUT2D eigenvalue weighted by molar-refractivity contribution is 0.0703. The maximum Gasteiger partial charge on any atom is 0.257 e. The van der Waals surface area contributed by atoms with Crippen molar-refractivity contribution in [2.45, 2.75) is 39.2 Å². The number of halogens is 1. The van der Waals surface area contributed by atoms with Gasteiger partial charge in [0.2, 0.25) is 0 Å². The van der Waals surface area contributed by atoms with Crippen molar-refractivity contribution >= 4 is 5.91 Å². The van der Waals surface area contributed by atoms with E-state index in [-0.39, 0.29) is 11.7 Å². The summed E-state index contributed by atoms with van der Waals surface area (Å²) < 4.78 is 14.9. The van der Waals surface area contributed by atoms with E-state index >= 15 is 0 Å². The lowest BCUT2D eigenvalue weighted by Gasteiger charge is -2.26. The van der Waals surface area contributed by atoms with Crippen LogP contribution in [0.3, 0.4) is 0 Å². The van der Waals surface area contributed by atoms with Crippen molar-refractivity contribution in [3.63, 3.8) is 0 Å². The molecule has 0 unspecified atom stereocenters. The zero-order valence-corrected chi connectivity index (χ0v) is 16.5. The number of aromatic nitrogens is 4. The highest BCUT2D eigenvalue weighted by Crippen LogP contribution is 2.38. The van der Waals surface area contributed by atoms with Crippen LogP contribution >= 0.6 is 0 Å². The summed E-state index contributed by atoms with van der Waals surface area (Å²) in [4.78, 5) is 24.1. The molecule has 1 saturated carbocycles. The van der Waals surface area contributed by atoms with Crippen LogP contribution in [-0.2, 0) is 0 Å². The standard InChI is InChI=1S/C22H22FN5O/c1-13-10-24-22(26-20(13)16-4-6-17(23)7-5-16)28-14(2)19(11-25-28)21(29)27-12-15-3-8-18(27)9-15/h4-7,10-11,15,18H,3,8-9,12H2,1-2H3/t15-,18+/m1/s1. The number of hydrogen-bond acceptors (Lipinski definition) is 4. The van der Waals surface area contributed by atoms with Gasteiger partial charge >= 0.3 is 0 Å². The second-order valence-corrected chi connectivity index (χ2v) is 8.05. The smallest absolute Gasteiger partial charge is 0.257 e. The SMILES string of the molecule is Cc1cnc(-n2ncc(C(=O)N3C[C@@H]4CC[C@H]3C4)c2C)nc1-c1ccc(F)cc1. The fraction of sp³-hybridized carbons (Fsp3) is 0.364. The van der Waals surface area contributed by atoms with Gasteiger partial charge in [-0.2, -0.15) is 5.10 Å². The third-order valence-corrected chi connectivity index (χ3v) is 6.18. The van der Waals surface area contributed by atoms with Crippen LogP contribution in [0.25, 0.3) is 17.2 Å². The van der Waals surface area contributed by atoms with E-state index in [1.54, 1.807) is 29.2 Å². The fourth-order valence-electron chi connectivity index (χ4n) is 4.58. The van der Waals surface area contributed by atoms with Gasteiger partial charge in [0, 0.05) is 24.3 Å². The molecule has 0 N–H and O–H groups in total. The number of nitrogens with zero attached hydrogens (tertiary/aromatic N) is 5. The van der Waals surface area contributed by atoms with E-state index in [4.69, 9.17) is 0 Å². The van der Waals surface area contributed by atoms with Crippen molar-refractivity contribution in [1.82, 2.24) is 24.6 Å². The van der Waals surface area contributed by atoms with Crippen LogP contribution in [0.15, 0.2) is 36.7 Å². The Hall–Kier alpha value is -3.09. The number of likely N-dealkylation sites (tertiary alicyclic amines) is 1. The van der Waals surface area contributed by atoms with Gasteiger partial charge in [0.1, 0.15) is 5.82 Å². The summed E-state index contributed by atoms with van der Waals surface area (Å²) in [5, 5.41) is 4.40. The van der Waals surface area contributed by atoms with Gasteiger partial charge in [-0.25, -0.2) is 19.0 Å². The Labute approximate surface area is 168 Å². The molecule has 3 heterocycles. The highest BCUT2D eigenvalue weighted by atomic mass is 19.1. The number of amides is 1. The van der Waals surface area contributed by atoms with E-state index in [2.05, 4.69) is 15.1 Å². The maximum absolute atomic E-state index is 13.3. The van der Waals surface area contributed by atoms with Crippen LogP contribution in [0, 0.1) is 25.6 Å². The highest BCUT2D eigenvalue weighted by Gasteiger charge is 2.41. The minimum atomic E-state index is -0.289. The van der Waals surface area contributed by atoms with Crippen LogP contribution in [0.1, 0.15) is 40.9 Å². The summed E-state index contributed by atoms with van der Waals surface area (Å²) >= 11 is 0. The summed E-state index contributed by atoms with van der Waals surface area (Å²) in [5.41, 5.74) is 3.74. The molecule has 2 aromatic heterocycles. The van der Waals surface area contributed by atoms with Gasteiger partial charge in [0.05, 0.1) is 23.1 Å². The van der Waals surface area contributed by atoms with Crippen molar-refractivity contribution in [2.75, 3.05) is 6.54 Å². The molecule has 2 bridgehead atoms. The van der Waals surface area contributed by atoms with Gasteiger partial charge in [0.25, 0.3) is 11.9 Å². The minimum absolute atomic E-state index is 0.0480. The third-order valence-electron chi connectivity index (χ3n) is 6.18. The molecule has 1 aliphatic carbocycles. The molecule has 148 valence electrons. The summed E-state index contributed by atoms with van der Waals surface area (Å²) in [6.07, 6.45) is 6.80. The monoisotopic (exact) mass is 391 g/mol. The van der Waals surface area contributed by atoms with Gasteiger partial charge in [-0.3, -0.25) is 4.79 Å². The maximum atomic E-state index is 13.3. The molecule has 7 heteroatoms. The largest absolute Gasteiger partial charge is 0.335 e. The Balaban J connectivity index is 1.48. The van der Waals surface area contributed by atoms with Gasteiger partial charge < -0.3 is 4.90 Å². The molecule has 3 aromatic rings. The van der Waals surface area contributed by atoms with Gasteiger partial charge in [-0.1, -0.05) is 0 Å². The number of rotatable bonds is 3. The molecule has 2 atom stereocenters. The predicted octanol–water partition coefficient (Wildman–Crippen LogP) is 3.71. The number of aryl methyl sites for hydroxylation is 1. The second-order valence-electron chi connectivity index (χ2n) is 8.05. The summed E-state index contributed by atoms with van der Waals surface area (Å²) in [5.74, 6) is 0.807. The van der Waals surface area contributed by atoms with Gasteiger partial charge in [0.15, 0.2) is 0 Å². The van der Waals surface area contributed by atoms with E-state index in [1.165, 1.54) is 18.6 Å². The van der Waals surface area contributed by atoms with Crippen molar-refractivity contribution in [2.24, 2.45) is 5.92 Å². The molecule has 0 spiro atoms. The molecular weight excluding hydrogens is 369 g/mol. The van der Waals surface area contributed by atoms with Crippen molar-refractivity contribution in [3.8, 4) is 17.2 Å². The fourth-order valence-corrected chi connectivity index (χ4v) is 4.58. The van der Waals surface area contributed by atoms with Crippen molar-refractivity contribution in [1.29, 1.82) is 0 Å². The molecule has 0 radical (unpaired) electrons. The number of hydrogen-bond donors (Lipinski definition) is 0. The quantitative estimate of drug-likeness (QED) is 0.683. The van der Waals surface area contributed by atoms with Crippen LogP contribution < -0.4 is 0 Å². The molecule has 1 amide bonds. The average molecular weight is 391 g/mol. The molecular formula is C22H22FN5O. The van der Waals surface area contributed by atoms with Gasteiger partial charge in [-0.05, 0) is 68.9 Å².